The molecule has 0 aromatic heterocycles. The van der Waals surface area contributed by atoms with Gasteiger partial charge < -0.3 is 9.84 Å². The molecule has 1 aliphatic rings. The molecule has 1 heterocycles. The van der Waals surface area contributed by atoms with Crippen molar-refractivity contribution in [2.45, 2.75) is 0 Å². The first kappa shape index (κ1) is 21.1. The molecule has 2 amide bonds. The molecule has 10 heteroatoms. The minimum absolute atomic E-state index is 0.00347. The summed E-state index contributed by atoms with van der Waals surface area (Å²) in [7, 11) is 2.53. The van der Waals surface area contributed by atoms with Gasteiger partial charge >= 0.3 is 5.97 Å². The third kappa shape index (κ3) is 3.11. The summed E-state index contributed by atoms with van der Waals surface area (Å²) in [6.45, 7) is 0. The number of azo groups is 1. The van der Waals surface area contributed by atoms with Gasteiger partial charge in [0.05, 0.1) is 28.3 Å². The van der Waals surface area contributed by atoms with Crippen LogP contribution in [0.3, 0.4) is 0 Å². The number of rotatable bonds is 3. The normalized spacial score (nSPS) is 13.0. The summed E-state index contributed by atoms with van der Waals surface area (Å²) in [5.74, 6) is -2.27. The average molecular weight is 493 g/mol. The molecule has 0 spiro atoms. The van der Waals surface area contributed by atoms with Crippen molar-refractivity contribution in [3.05, 3.63) is 63.1 Å². The van der Waals surface area contributed by atoms with Crippen LogP contribution in [0.15, 0.2) is 51.1 Å². The summed E-state index contributed by atoms with van der Waals surface area (Å²) in [4.78, 5) is 37.8. The number of carbonyl (C=O) groups is 3. The molecule has 0 saturated carbocycles. The number of hydrogen-bond donors (Lipinski definition) is 1. The predicted octanol–water partition coefficient (Wildman–Crippen LogP) is 4.61. The number of fused-ring (bicyclic) bond motifs is 2. The summed E-state index contributed by atoms with van der Waals surface area (Å²) >= 11 is 3.27. The van der Waals surface area contributed by atoms with Crippen LogP contribution in [0.1, 0.15) is 36.6 Å². The van der Waals surface area contributed by atoms with E-state index in [1.807, 2.05) is 6.07 Å². The van der Waals surface area contributed by atoms with Gasteiger partial charge in [0.1, 0.15) is 23.0 Å². The minimum atomic E-state index is -0.756. The van der Waals surface area contributed by atoms with Crippen LogP contribution < -0.4 is 0 Å². The van der Waals surface area contributed by atoms with E-state index in [-0.39, 0.29) is 38.1 Å². The molecule has 0 radical (unpaired) electrons. The summed E-state index contributed by atoms with van der Waals surface area (Å²) in [6.07, 6.45) is 0. The van der Waals surface area contributed by atoms with E-state index >= 15 is 0 Å². The number of phenols is 1. The topological polar surface area (TPSA) is 132 Å². The van der Waals surface area contributed by atoms with Crippen molar-refractivity contribution >= 4 is 55.9 Å². The van der Waals surface area contributed by atoms with Gasteiger partial charge in [-0.3, -0.25) is 14.5 Å². The quantitative estimate of drug-likeness (QED) is 0.322. The number of amides is 2. The smallest absolute Gasteiger partial charge is 0.341 e. The lowest BCUT2D eigenvalue weighted by molar-refractivity contribution is 0.0596. The highest BCUT2D eigenvalue weighted by Crippen LogP contribution is 2.43. The highest BCUT2D eigenvalue weighted by molar-refractivity contribution is 9.10. The van der Waals surface area contributed by atoms with Gasteiger partial charge in [0.2, 0.25) is 0 Å². The molecule has 0 saturated heterocycles. The van der Waals surface area contributed by atoms with Gasteiger partial charge in [-0.2, -0.15) is 5.26 Å². The van der Waals surface area contributed by atoms with Crippen LogP contribution in [0.5, 0.6) is 5.75 Å². The zero-order valence-electron chi connectivity index (χ0n) is 16.7. The molecule has 3 aromatic carbocycles. The number of aromatic hydroxyl groups is 1. The standard InChI is InChI=1S/C22H13BrN4O5/c1-27-20(29)13-8-11(9-24)17(16(23)15(13)21(27)30)25-26-18-12-6-4-3-5-10(12)7-14(19(18)28)22(31)32-2/h3-8,28H,1-2H3/b26-25+. The number of ether oxygens (including phenoxy) is 1. The van der Waals surface area contributed by atoms with Crippen LogP contribution >= 0.6 is 15.9 Å². The van der Waals surface area contributed by atoms with Gasteiger partial charge in [0.25, 0.3) is 11.8 Å². The molecule has 4 rings (SSSR count). The molecule has 1 N–H and O–H groups in total. The third-order valence-electron chi connectivity index (χ3n) is 5.07. The minimum Gasteiger partial charge on any atom is -0.505 e. The van der Waals surface area contributed by atoms with E-state index in [4.69, 9.17) is 4.74 Å². The maximum atomic E-state index is 12.5. The average Bonchev–Trinajstić information content (AvgIpc) is 3.02. The van der Waals surface area contributed by atoms with Gasteiger partial charge in [-0.25, -0.2) is 4.79 Å². The van der Waals surface area contributed by atoms with E-state index in [1.54, 1.807) is 24.3 Å². The largest absolute Gasteiger partial charge is 0.505 e. The van der Waals surface area contributed by atoms with E-state index in [1.165, 1.54) is 26.3 Å². The van der Waals surface area contributed by atoms with Crippen LogP contribution in [0.4, 0.5) is 11.4 Å². The fourth-order valence-corrected chi connectivity index (χ4v) is 4.10. The molecule has 0 unspecified atom stereocenters. The molecule has 0 atom stereocenters. The van der Waals surface area contributed by atoms with Gasteiger partial charge in [0, 0.05) is 12.4 Å². The Morgan fingerprint density at radius 1 is 1.16 bits per heavy atom. The summed E-state index contributed by atoms with van der Waals surface area (Å²) in [5, 5.41) is 29.6. The van der Waals surface area contributed by atoms with Crippen molar-refractivity contribution in [2.75, 3.05) is 14.2 Å². The Labute approximate surface area is 189 Å². The third-order valence-corrected chi connectivity index (χ3v) is 5.84. The monoisotopic (exact) mass is 492 g/mol. The van der Waals surface area contributed by atoms with Gasteiger partial charge in [-0.05, 0) is 33.4 Å². The van der Waals surface area contributed by atoms with Gasteiger partial charge in [0.15, 0.2) is 5.75 Å². The molecule has 0 bridgehead atoms. The van der Waals surface area contributed by atoms with Crippen molar-refractivity contribution in [2.24, 2.45) is 10.2 Å². The second kappa shape index (κ2) is 7.86. The van der Waals surface area contributed by atoms with E-state index in [2.05, 4.69) is 26.2 Å². The maximum Gasteiger partial charge on any atom is 0.341 e. The lowest BCUT2D eigenvalue weighted by Gasteiger charge is -2.09. The number of esters is 1. The first-order chi connectivity index (χ1) is 15.3. The zero-order chi connectivity index (χ0) is 23.2. The van der Waals surface area contributed by atoms with Crippen molar-refractivity contribution < 1.29 is 24.2 Å². The number of hydrogen-bond acceptors (Lipinski definition) is 8. The van der Waals surface area contributed by atoms with E-state index in [9.17, 15) is 24.8 Å². The molecular formula is C22H13BrN4O5. The second-order valence-corrected chi connectivity index (χ2v) is 7.62. The van der Waals surface area contributed by atoms with Crippen LogP contribution in [0.25, 0.3) is 10.8 Å². The van der Waals surface area contributed by atoms with Gasteiger partial charge in [-0.15, -0.1) is 10.2 Å². The Morgan fingerprint density at radius 2 is 1.84 bits per heavy atom. The molecule has 9 nitrogen and oxygen atoms in total. The highest BCUT2D eigenvalue weighted by atomic mass is 79.9. The number of halogens is 1. The van der Waals surface area contributed by atoms with E-state index in [0.717, 1.165) is 4.90 Å². The summed E-state index contributed by atoms with van der Waals surface area (Å²) in [5.41, 5.74) is 0.0532. The maximum absolute atomic E-state index is 12.5. The first-order valence-corrected chi connectivity index (χ1v) is 9.93. The van der Waals surface area contributed by atoms with E-state index in [0.29, 0.717) is 10.8 Å². The molecule has 0 aliphatic carbocycles. The Bertz CT molecular complexity index is 1420. The van der Waals surface area contributed by atoms with Crippen LogP contribution in [-0.2, 0) is 4.74 Å². The molecule has 1 aliphatic heterocycles. The first-order valence-electron chi connectivity index (χ1n) is 9.13. The van der Waals surface area contributed by atoms with Crippen molar-refractivity contribution in [1.82, 2.24) is 4.90 Å². The molecule has 0 fully saturated rings. The highest BCUT2D eigenvalue weighted by Gasteiger charge is 2.37. The number of phenolic OH excluding ortho intramolecular Hbond substituents is 1. The fourth-order valence-electron chi connectivity index (χ4n) is 3.43. The number of nitriles is 1. The second-order valence-electron chi connectivity index (χ2n) is 6.82. The number of imide groups is 1. The Morgan fingerprint density at radius 3 is 2.53 bits per heavy atom. The lowest BCUT2D eigenvalue weighted by atomic mass is 10.0. The Hall–Kier alpha value is -4.10. The number of nitrogens with zero attached hydrogens (tertiary/aromatic N) is 4. The Balaban J connectivity index is 1.95. The van der Waals surface area contributed by atoms with Crippen molar-refractivity contribution in [3.63, 3.8) is 0 Å². The summed E-state index contributed by atoms with van der Waals surface area (Å²) < 4.78 is 4.86. The van der Waals surface area contributed by atoms with Crippen molar-refractivity contribution in [3.8, 4) is 11.8 Å². The predicted molar refractivity (Wildman–Crippen MR) is 116 cm³/mol. The number of benzene rings is 3. The van der Waals surface area contributed by atoms with Crippen molar-refractivity contribution in [1.29, 1.82) is 5.26 Å². The van der Waals surface area contributed by atoms with Crippen LogP contribution in [0, 0.1) is 11.3 Å². The molecule has 3 aromatic rings. The number of methoxy groups -OCH3 is 1. The fraction of sp³-hybridized carbons (Fsp3) is 0.0909. The van der Waals surface area contributed by atoms with Crippen LogP contribution in [0.2, 0.25) is 0 Å². The van der Waals surface area contributed by atoms with E-state index < -0.39 is 23.5 Å². The lowest BCUT2D eigenvalue weighted by Crippen LogP contribution is -2.24. The van der Waals surface area contributed by atoms with Crippen LogP contribution in [-0.4, -0.2) is 41.9 Å². The SMILES string of the molecule is COC(=O)c1cc2ccccc2c(/N=N/c2c(C#N)cc3c(c2Br)C(=O)N(C)C3=O)c1O. The molecular weight excluding hydrogens is 480 g/mol. The zero-order valence-corrected chi connectivity index (χ0v) is 18.3. The molecule has 32 heavy (non-hydrogen) atoms. The number of carbonyl (C=O) groups excluding carboxylic acids is 3. The Kier molecular flexibility index (Phi) is 5.20. The molecule has 158 valence electrons. The summed E-state index contributed by atoms with van der Waals surface area (Å²) in [6, 6.07) is 11.6. The van der Waals surface area contributed by atoms with Gasteiger partial charge in [-0.1, -0.05) is 24.3 Å².